The standard InChI is InChI=1S/C16H17NO2S/c1-4-14-8-5-13(3)11-16(14)17-20(18,19)15-9-6-12(2)7-10-15/h4-11,17H,1H2,2-3H3. The number of sulfonamides is 1. The van der Waals surface area contributed by atoms with Gasteiger partial charge < -0.3 is 0 Å². The lowest BCUT2D eigenvalue weighted by molar-refractivity contribution is 0.601. The Balaban J connectivity index is 2.40. The van der Waals surface area contributed by atoms with E-state index < -0.39 is 10.0 Å². The molecule has 0 amide bonds. The first kappa shape index (κ1) is 14.3. The Hall–Kier alpha value is -2.07. The highest BCUT2D eigenvalue weighted by atomic mass is 32.2. The van der Waals surface area contributed by atoms with Gasteiger partial charge in [0.15, 0.2) is 0 Å². The minimum atomic E-state index is -3.58. The molecule has 104 valence electrons. The molecular weight excluding hydrogens is 270 g/mol. The third-order valence-electron chi connectivity index (χ3n) is 3.00. The largest absolute Gasteiger partial charge is 0.279 e. The topological polar surface area (TPSA) is 46.2 Å². The predicted octanol–water partition coefficient (Wildman–Crippen LogP) is 3.75. The fourth-order valence-electron chi connectivity index (χ4n) is 1.86. The lowest BCUT2D eigenvalue weighted by Crippen LogP contribution is -2.13. The molecule has 0 aromatic heterocycles. The summed E-state index contributed by atoms with van der Waals surface area (Å²) in [6.45, 7) is 7.53. The Kier molecular flexibility index (Phi) is 3.95. The molecule has 4 heteroatoms. The second kappa shape index (κ2) is 5.51. The number of hydrogen-bond acceptors (Lipinski definition) is 2. The van der Waals surface area contributed by atoms with Crippen LogP contribution in [-0.2, 0) is 10.0 Å². The van der Waals surface area contributed by atoms with Crippen molar-refractivity contribution in [3.8, 4) is 0 Å². The van der Waals surface area contributed by atoms with Crippen LogP contribution in [0.2, 0.25) is 0 Å². The van der Waals surface area contributed by atoms with Crippen LogP contribution < -0.4 is 4.72 Å². The minimum Gasteiger partial charge on any atom is -0.279 e. The molecule has 0 aliphatic carbocycles. The van der Waals surface area contributed by atoms with E-state index in [1.807, 2.05) is 26.0 Å². The average molecular weight is 287 g/mol. The van der Waals surface area contributed by atoms with Crippen molar-refractivity contribution in [3.05, 3.63) is 65.7 Å². The molecule has 2 rings (SSSR count). The Morgan fingerprint density at radius 1 is 1.00 bits per heavy atom. The molecule has 0 bridgehead atoms. The summed E-state index contributed by atoms with van der Waals surface area (Å²) < 4.78 is 27.3. The monoisotopic (exact) mass is 287 g/mol. The maximum atomic E-state index is 12.3. The summed E-state index contributed by atoms with van der Waals surface area (Å²) in [6.07, 6.45) is 1.63. The van der Waals surface area contributed by atoms with E-state index in [0.717, 1.165) is 16.7 Å². The summed E-state index contributed by atoms with van der Waals surface area (Å²) in [4.78, 5) is 0.250. The Morgan fingerprint density at radius 3 is 2.20 bits per heavy atom. The van der Waals surface area contributed by atoms with Gasteiger partial charge in [0.2, 0.25) is 0 Å². The molecule has 1 N–H and O–H groups in total. The summed E-state index contributed by atoms with van der Waals surface area (Å²) in [6, 6.07) is 12.3. The molecule has 2 aromatic rings. The smallest absolute Gasteiger partial charge is 0.261 e. The number of rotatable bonds is 4. The SMILES string of the molecule is C=Cc1ccc(C)cc1NS(=O)(=O)c1ccc(C)cc1. The van der Waals surface area contributed by atoms with Crippen molar-refractivity contribution in [2.45, 2.75) is 18.7 Å². The van der Waals surface area contributed by atoms with E-state index in [1.54, 1.807) is 36.4 Å². The van der Waals surface area contributed by atoms with Crippen LogP contribution in [0, 0.1) is 13.8 Å². The summed E-state index contributed by atoms with van der Waals surface area (Å²) in [5.41, 5.74) is 3.30. The molecule has 0 unspecified atom stereocenters. The molecule has 20 heavy (non-hydrogen) atoms. The van der Waals surface area contributed by atoms with Crippen molar-refractivity contribution in [2.24, 2.45) is 0 Å². The van der Waals surface area contributed by atoms with Gasteiger partial charge in [-0.3, -0.25) is 4.72 Å². The normalized spacial score (nSPS) is 11.1. The van der Waals surface area contributed by atoms with Gasteiger partial charge in [0.1, 0.15) is 0 Å². The average Bonchev–Trinajstić information content (AvgIpc) is 2.39. The second-order valence-electron chi connectivity index (χ2n) is 4.71. The van der Waals surface area contributed by atoms with Crippen molar-refractivity contribution in [2.75, 3.05) is 4.72 Å². The number of anilines is 1. The van der Waals surface area contributed by atoms with Gasteiger partial charge in [0, 0.05) is 0 Å². The third kappa shape index (κ3) is 3.08. The molecular formula is C16H17NO2S. The van der Waals surface area contributed by atoms with Crippen LogP contribution >= 0.6 is 0 Å². The molecule has 0 saturated carbocycles. The Labute approximate surface area is 120 Å². The summed E-state index contributed by atoms with van der Waals surface area (Å²) in [7, 11) is -3.58. The number of aryl methyl sites for hydroxylation is 2. The van der Waals surface area contributed by atoms with Crippen molar-refractivity contribution < 1.29 is 8.42 Å². The van der Waals surface area contributed by atoms with E-state index in [0.29, 0.717) is 5.69 Å². The van der Waals surface area contributed by atoms with Crippen LogP contribution in [-0.4, -0.2) is 8.42 Å². The van der Waals surface area contributed by atoms with Gasteiger partial charge in [-0.05, 0) is 43.2 Å². The highest BCUT2D eigenvalue weighted by Crippen LogP contribution is 2.22. The minimum absolute atomic E-state index is 0.250. The van der Waals surface area contributed by atoms with Gasteiger partial charge in [0.25, 0.3) is 10.0 Å². The fraction of sp³-hybridized carbons (Fsp3) is 0.125. The van der Waals surface area contributed by atoms with Gasteiger partial charge in [-0.1, -0.05) is 42.5 Å². The van der Waals surface area contributed by atoms with Crippen molar-refractivity contribution >= 4 is 21.8 Å². The van der Waals surface area contributed by atoms with Crippen molar-refractivity contribution in [1.82, 2.24) is 0 Å². The zero-order chi connectivity index (χ0) is 14.8. The first-order chi connectivity index (χ1) is 9.42. The van der Waals surface area contributed by atoms with Gasteiger partial charge in [-0.2, -0.15) is 0 Å². The van der Waals surface area contributed by atoms with Crippen molar-refractivity contribution in [1.29, 1.82) is 0 Å². The zero-order valence-corrected chi connectivity index (χ0v) is 12.4. The summed E-state index contributed by atoms with van der Waals surface area (Å²) in [5.74, 6) is 0. The third-order valence-corrected chi connectivity index (χ3v) is 4.39. The molecule has 0 radical (unpaired) electrons. The number of nitrogens with one attached hydrogen (secondary N) is 1. The lowest BCUT2D eigenvalue weighted by Gasteiger charge is -2.11. The van der Waals surface area contributed by atoms with Gasteiger partial charge >= 0.3 is 0 Å². The van der Waals surface area contributed by atoms with Gasteiger partial charge in [0.05, 0.1) is 10.6 Å². The molecule has 0 saturated heterocycles. The van der Waals surface area contributed by atoms with Crippen LogP contribution in [0.5, 0.6) is 0 Å². The van der Waals surface area contributed by atoms with E-state index in [1.165, 1.54) is 0 Å². The van der Waals surface area contributed by atoms with Crippen LogP contribution in [0.3, 0.4) is 0 Å². The van der Waals surface area contributed by atoms with Crippen LogP contribution in [0.15, 0.2) is 53.9 Å². The first-order valence-corrected chi connectivity index (χ1v) is 7.73. The fourth-order valence-corrected chi connectivity index (χ4v) is 2.94. The number of hydrogen-bond donors (Lipinski definition) is 1. The van der Waals surface area contributed by atoms with E-state index in [2.05, 4.69) is 11.3 Å². The molecule has 0 spiro atoms. The maximum Gasteiger partial charge on any atom is 0.261 e. The Bertz CT molecular complexity index is 732. The number of benzene rings is 2. The Morgan fingerprint density at radius 2 is 1.60 bits per heavy atom. The quantitative estimate of drug-likeness (QED) is 0.931. The molecule has 2 aromatic carbocycles. The highest BCUT2D eigenvalue weighted by molar-refractivity contribution is 7.92. The van der Waals surface area contributed by atoms with Crippen LogP contribution in [0.1, 0.15) is 16.7 Å². The molecule has 0 heterocycles. The maximum absolute atomic E-state index is 12.3. The first-order valence-electron chi connectivity index (χ1n) is 6.25. The molecule has 3 nitrogen and oxygen atoms in total. The molecule has 0 atom stereocenters. The van der Waals surface area contributed by atoms with E-state index in [4.69, 9.17) is 0 Å². The van der Waals surface area contributed by atoms with Crippen LogP contribution in [0.4, 0.5) is 5.69 Å². The predicted molar refractivity (Wildman–Crippen MR) is 83.3 cm³/mol. The second-order valence-corrected chi connectivity index (χ2v) is 6.40. The zero-order valence-electron chi connectivity index (χ0n) is 11.6. The molecule has 0 aliphatic heterocycles. The van der Waals surface area contributed by atoms with Crippen LogP contribution in [0.25, 0.3) is 6.08 Å². The highest BCUT2D eigenvalue weighted by Gasteiger charge is 2.15. The van der Waals surface area contributed by atoms with E-state index in [-0.39, 0.29) is 4.90 Å². The molecule has 0 aliphatic rings. The van der Waals surface area contributed by atoms with E-state index in [9.17, 15) is 8.42 Å². The summed E-state index contributed by atoms with van der Waals surface area (Å²) in [5, 5.41) is 0. The van der Waals surface area contributed by atoms with Gasteiger partial charge in [-0.25, -0.2) is 8.42 Å². The van der Waals surface area contributed by atoms with Crippen molar-refractivity contribution in [3.63, 3.8) is 0 Å². The van der Waals surface area contributed by atoms with E-state index >= 15 is 0 Å². The summed E-state index contributed by atoms with van der Waals surface area (Å²) >= 11 is 0. The van der Waals surface area contributed by atoms with Gasteiger partial charge in [-0.15, -0.1) is 0 Å². The molecule has 0 fully saturated rings. The lowest BCUT2D eigenvalue weighted by atomic mass is 10.1.